The van der Waals surface area contributed by atoms with E-state index in [1.165, 1.54) is 0 Å². The second kappa shape index (κ2) is 9.48. The van der Waals surface area contributed by atoms with E-state index in [1.807, 2.05) is 35.3 Å². The van der Waals surface area contributed by atoms with E-state index in [4.69, 9.17) is 18.9 Å². The fourth-order valence-electron chi connectivity index (χ4n) is 2.96. The normalized spacial score (nSPS) is 21.1. The van der Waals surface area contributed by atoms with Crippen molar-refractivity contribution in [3.8, 4) is 0 Å². The van der Waals surface area contributed by atoms with Gasteiger partial charge in [0.15, 0.2) is 0 Å². The second-order valence-corrected chi connectivity index (χ2v) is 6.34. The van der Waals surface area contributed by atoms with Crippen molar-refractivity contribution in [3.63, 3.8) is 0 Å². The topological polar surface area (TPSA) is 109 Å². The molecule has 1 aliphatic heterocycles. The van der Waals surface area contributed by atoms with E-state index in [0.29, 0.717) is 0 Å². The van der Waals surface area contributed by atoms with Crippen LogP contribution in [0.5, 0.6) is 0 Å². The highest BCUT2D eigenvalue weighted by atomic mass is 19.1. The molecule has 10 heteroatoms. The van der Waals surface area contributed by atoms with Crippen LogP contribution in [0.15, 0.2) is 46.1 Å². The lowest BCUT2D eigenvalue weighted by atomic mass is 10.1. The van der Waals surface area contributed by atoms with Gasteiger partial charge in [0.2, 0.25) is 5.82 Å². The third kappa shape index (κ3) is 5.30. The van der Waals surface area contributed by atoms with E-state index in [0.717, 1.165) is 16.3 Å². The molecule has 2 aromatic rings. The molecule has 1 fully saturated rings. The Morgan fingerprint density at radius 1 is 1.28 bits per heavy atom. The maximum Gasteiger partial charge on any atom is 0.508 e. The summed E-state index contributed by atoms with van der Waals surface area (Å²) < 4.78 is 36.0. The number of rotatable bonds is 7. The molecule has 0 aliphatic carbocycles. The van der Waals surface area contributed by atoms with Gasteiger partial charge in [-0.1, -0.05) is 30.3 Å². The summed E-state index contributed by atoms with van der Waals surface area (Å²) in [4.78, 5) is 36.7. The first-order chi connectivity index (χ1) is 14.0. The first-order valence-electron chi connectivity index (χ1n) is 9.09. The molecule has 0 unspecified atom stereocenters. The largest absolute Gasteiger partial charge is 0.508 e. The zero-order valence-corrected chi connectivity index (χ0v) is 15.7. The number of benzene rings is 1. The molecule has 0 amide bonds. The number of aromatic amines is 1. The van der Waals surface area contributed by atoms with Crippen molar-refractivity contribution in [2.75, 3.05) is 13.2 Å². The average molecular weight is 408 g/mol. The van der Waals surface area contributed by atoms with Gasteiger partial charge in [0.05, 0.1) is 25.5 Å². The van der Waals surface area contributed by atoms with Crippen LogP contribution in [0.4, 0.5) is 9.18 Å². The molecule has 1 saturated heterocycles. The van der Waals surface area contributed by atoms with Crippen LogP contribution in [0.2, 0.25) is 0 Å². The standard InChI is InChI=1S/C19H21FN2O7/c1-2-26-19(25)28-11-15-14(27-10-12-6-4-3-5-7-12)8-16(29-15)22-9-13(20)17(23)21-18(22)24/h3-7,9,14-16H,2,8,10-11H2,1H3,(H,21,23,24)/t14-,15+,16+/m0/s1. The molecular weight excluding hydrogens is 387 g/mol. The Morgan fingerprint density at radius 2 is 2.03 bits per heavy atom. The monoisotopic (exact) mass is 408 g/mol. The summed E-state index contributed by atoms with van der Waals surface area (Å²) in [5.41, 5.74) is -0.994. The zero-order valence-electron chi connectivity index (χ0n) is 15.7. The van der Waals surface area contributed by atoms with Gasteiger partial charge in [-0.25, -0.2) is 9.59 Å². The van der Waals surface area contributed by atoms with Gasteiger partial charge < -0.3 is 18.9 Å². The maximum atomic E-state index is 13.6. The molecule has 156 valence electrons. The second-order valence-electron chi connectivity index (χ2n) is 6.34. The van der Waals surface area contributed by atoms with Gasteiger partial charge in [0, 0.05) is 6.42 Å². The van der Waals surface area contributed by atoms with Crippen molar-refractivity contribution in [1.82, 2.24) is 9.55 Å². The lowest BCUT2D eigenvalue weighted by Crippen LogP contribution is -2.34. The molecular formula is C19H21FN2O7. The molecule has 1 aromatic carbocycles. The molecule has 3 atom stereocenters. The Balaban J connectivity index is 1.74. The van der Waals surface area contributed by atoms with Gasteiger partial charge in [0.25, 0.3) is 5.56 Å². The van der Waals surface area contributed by atoms with Gasteiger partial charge in [-0.05, 0) is 12.5 Å². The minimum Gasteiger partial charge on any atom is -0.435 e. The quantitative estimate of drug-likeness (QED) is 0.695. The number of carbonyl (C=O) groups is 1. The molecule has 1 N–H and O–H groups in total. The Bertz CT molecular complexity index is 944. The Labute approximate surface area is 165 Å². The molecule has 2 heterocycles. The van der Waals surface area contributed by atoms with Crippen LogP contribution < -0.4 is 11.2 Å². The first-order valence-corrected chi connectivity index (χ1v) is 9.09. The third-order valence-corrected chi connectivity index (χ3v) is 4.35. The van der Waals surface area contributed by atoms with Gasteiger partial charge >= 0.3 is 11.8 Å². The SMILES string of the molecule is CCOC(=O)OC[C@H]1O[C@@H](n2cc(F)c(=O)[nH]c2=O)C[C@@H]1OCc1ccccc1. The fraction of sp³-hybridized carbons (Fsp3) is 0.421. The lowest BCUT2D eigenvalue weighted by molar-refractivity contribution is -0.0751. The molecule has 1 aromatic heterocycles. The van der Waals surface area contributed by atoms with Crippen LogP contribution in [0.1, 0.15) is 25.1 Å². The number of nitrogens with one attached hydrogen (secondary N) is 1. The average Bonchev–Trinajstić information content (AvgIpc) is 3.11. The van der Waals surface area contributed by atoms with E-state index >= 15 is 0 Å². The number of H-pyrrole nitrogens is 1. The summed E-state index contributed by atoms with van der Waals surface area (Å²) in [6, 6.07) is 9.40. The van der Waals surface area contributed by atoms with Gasteiger partial charge in [0.1, 0.15) is 18.9 Å². The summed E-state index contributed by atoms with van der Waals surface area (Å²) >= 11 is 0. The highest BCUT2D eigenvalue weighted by Gasteiger charge is 2.38. The molecule has 0 spiro atoms. The summed E-state index contributed by atoms with van der Waals surface area (Å²) in [5, 5.41) is 0. The Kier molecular flexibility index (Phi) is 6.78. The predicted octanol–water partition coefficient (Wildman–Crippen LogP) is 1.72. The van der Waals surface area contributed by atoms with E-state index in [9.17, 15) is 18.8 Å². The van der Waals surface area contributed by atoms with Gasteiger partial charge in [-0.2, -0.15) is 4.39 Å². The number of halogens is 1. The van der Waals surface area contributed by atoms with Crippen molar-refractivity contribution < 1.29 is 28.1 Å². The zero-order chi connectivity index (χ0) is 20.8. The van der Waals surface area contributed by atoms with Crippen molar-refractivity contribution in [2.24, 2.45) is 0 Å². The summed E-state index contributed by atoms with van der Waals surface area (Å²) in [5.74, 6) is -1.11. The number of nitrogens with zero attached hydrogens (tertiary/aromatic N) is 1. The van der Waals surface area contributed by atoms with Crippen LogP contribution in [0, 0.1) is 5.82 Å². The summed E-state index contributed by atoms with van der Waals surface area (Å²) in [6.45, 7) is 1.90. The van der Waals surface area contributed by atoms with Crippen molar-refractivity contribution in [2.45, 2.75) is 38.4 Å². The van der Waals surface area contributed by atoms with Crippen LogP contribution in [-0.2, 0) is 25.6 Å². The van der Waals surface area contributed by atoms with Crippen LogP contribution in [-0.4, -0.2) is 41.1 Å². The number of hydrogen-bond donors (Lipinski definition) is 1. The fourth-order valence-corrected chi connectivity index (χ4v) is 2.96. The highest BCUT2D eigenvalue weighted by molar-refractivity contribution is 5.59. The molecule has 0 radical (unpaired) electrons. The van der Waals surface area contributed by atoms with Crippen molar-refractivity contribution in [3.05, 3.63) is 68.7 Å². The lowest BCUT2D eigenvalue weighted by Gasteiger charge is -2.18. The maximum absolute atomic E-state index is 13.6. The van der Waals surface area contributed by atoms with Gasteiger partial charge in [-0.15, -0.1) is 0 Å². The predicted molar refractivity (Wildman–Crippen MR) is 97.8 cm³/mol. The third-order valence-electron chi connectivity index (χ3n) is 4.35. The molecule has 9 nitrogen and oxygen atoms in total. The number of carbonyl (C=O) groups excluding carboxylic acids is 1. The summed E-state index contributed by atoms with van der Waals surface area (Å²) in [7, 11) is 0. The smallest absolute Gasteiger partial charge is 0.435 e. The first kappa shape index (κ1) is 20.7. The Hall–Kier alpha value is -2.98. The van der Waals surface area contributed by atoms with Crippen LogP contribution in [0.25, 0.3) is 0 Å². The molecule has 29 heavy (non-hydrogen) atoms. The number of aromatic nitrogens is 2. The van der Waals surface area contributed by atoms with Crippen molar-refractivity contribution in [1.29, 1.82) is 0 Å². The Morgan fingerprint density at radius 3 is 2.76 bits per heavy atom. The molecule has 3 rings (SSSR count). The molecule has 0 bridgehead atoms. The minimum absolute atomic E-state index is 0.160. The number of hydrogen-bond acceptors (Lipinski definition) is 7. The van der Waals surface area contributed by atoms with Crippen molar-refractivity contribution >= 4 is 6.16 Å². The summed E-state index contributed by atoms with van der Waals surface area (Å²) in [6.07, 6.45) is -2.03. The number of ether oxygens (including phenoxy) is 4. The molecule has 1 aliphatic rings. The van der Waals surface area contributed by atoms with E-state index in [-0.39, 0.29) is 26.2 Å². The van der Waals surface area contributed by atoms with Crippen LogP contribution in [0.3, 0.4) is 0 Å². The van der Waals surface area contributed by atoms with E-state index in [2.05, 4.69) is 0 Å². The minimum atomic E-state index is -1.11. The molecule has 0 saturated carbocycles. The highest BCUT2D eigenvalue weighted by Crippen LogP contribution is 2.30. The van der Waals surface area contributed by atoms with E-state index < -0.39 is 41.7 Å². The van der Waals surface area contributed by atoms with Gasteiger partial charge in [-0.3, -0.25) is 14.3 Å². The van der Waals surface area contributed by atoms with Crippen LogP contribution >= 0.6 is 0 Å². The van der Waals surface area contributed by atoms with E-state index in [1.54, 1.807) is 6.92 Å².